The van der Waals surface area contributed by atoms with Crippen LogP contribution in [0.15, 0.2) is 54.6 Å². The van der Waals surface area contributed by atoms with Gasteiger partial charge in [-0.1, -0.05) is 61.7 Å². The van der Waals surface area contributed by atoms with Gasteiger partial charge in [0.15, 0.2) is 0 Å². The van der Waals surface area contributed by atoms with Gasteiger partial charge < -0.3 is 11.1 Å². The molecule has 2 aromatic carbocycles. The third kappa shape index (κ3) is 3.32. The van der Waals surface area contributed by atoms with Crippen LogP contribution in [-0.4, -0.2) is 17.4 Å². The maximum absolute atomic E-state index is 12.6. The van der Waals surface area contributed by atoms with E-state index in [2.05, 4.69) is 5.32 Å². The highest BCUT2D eigenvalue weighted by atomic mass is 16.2. The average Bonchev–Trinajstić information content (AvgIpc) is 2.63. The first-order valence-corrected chi connectivity index (χ1v) is 8.39. The quantitative estimate of drug-likeness (QED) is 0.907. The smallest absolute Gasteiger partial charge is 0.252 e. The van der Waals surface area contributed by atoms with E-state index in [4.69, 9.17) is 5.73 Å². The Morgan fingerprint density at radius 3 is 2.00 bits per heavy atom. The lowest BCUT2D eigenvalue weighted by molar-refractivity contribution is -0.125. The number of benzene rings is 2. The fraction of sp³-hybridized carbons (Fsp3) is 0.300. The normalized spacial score (nSPS) is 16.3. The van der Waals surface area contributed by atoms with Crippen molar-refractivity contribution in [3.63, 3.8) is 0 Å². The van der Waals surface area contributed by atoms with E-state index < -0.39 is 11.4 Å². The minimum atomic E-state index is -0.895. The number of hydrogen-bond acceptors (Lipinski definition) is 2. The van der Waals surface area contributed by atoms with Gasteiger partial charge in [0.1, 0.15) is 5.54 Å². The van der Waals surface area contributed by atoms with Crippen molar-refractivity contribution in [1.29, 1.82) is 0 Å². The highest BCUT2D eigenvalue weighted by molar-refractivity contribution is 5.99. The number of carbonyl (C=O) groups is 2. The van der Waals surface area contributed by atoms with Crippen LogP contribution in [0.2, 0.25) is 0 Å². The van der Waals surface area contributed by atoms with Crippen LogP contribution < -0.4 is 11.1 Å². The van der Waals surface area contributed by atoms with E-state index in [-0.39, 0.29) is 5.91 Å². The molecule has 0 bridgehead atoms. The highest BCUT2D eigenvalue weighted by Crippen LogP contribution is 2.28. The van der Waals surface area contributed by atoms with Crippen LogP contribution in [0.1, 0.15) is 42.5 Å². The molecular formula is C20H22N2O2. The molecule has 3 rings (SSSR count). The summed E-state index contributed by atoms with van der Waals surface area (Å²) in [5.41, 5.74) is 7.37. The number of amides is 2. The first kappa shape index (κ1) is 16.2. The van der Waals surface area contributed by atoms with Crippen LogP contribution in [0.25, 0.3) is 11.1 Å². The van der Waals surface area contributed by atoms with Crippen molar-refractivity contribution in [2.75, 3.05) is 0 Å². The molecule has 1 fully saturated rings. The van der Waals surface area contributed by atoms with Gasteiger partial charge in [-0.25, -0.2) is 0 Å². The topological polar surface area (TPSA) is 72.2 Å². The summed E-state index contributed by atoms with van der Waals surface area (Å²) in [5.74, 6) is -0.674. The minimum Gasteiger partial charge on any atom is -0.368 e. The molecule has 0 unspecified atom stereocenters. The molecule has 0 heterocycles. The Morgan fingerprint density at radius 1 is 0.833 bits per heavy atom. The summed E-state index contributed by atoms with van der Waals surface area (Å²) in [7, 11) is 0. The summed E-state index contributed by atoms with van der Waals surface area (Å²) >= 11 is 0. The molecule has 0 saturated heterocycles. The van der Waals surface area contributed by atoms with Crippen molar-refractivity contribution < 1.29 is 9.59 Å². The summed E-state index contributed by atoms with van der Waals surface area (Å²) in [5, 5.41) is 2.89. The predicted octanol–water partition coefficient (Wildman–Crippen LogP) is 3.27. The van der Waals surface area contributed by atoms with Gasteiger partial charge in [0.2, 0.25) is 5.91 Å². The molecule has 0 spiro atoms. The van der Waals surface area contributed by atoms with Crippen molar-refractivity contribution in [3.8, 4) is 11.1 Å². The van der Waals surface area contributed by atoms with Gasteiger partial charge in [0, 0.05) is 5.56 Å². The molecule has 24 heavy (non-hydrogen) atoms. The average molecular weight is 322 g/mol. The predicted molar refractivity (Wildman–Crippen MR) is 94.4 cm³/mol. The molecule has 1 aliphatic rings. The largest absolute Gasteiger partial charge is 0.368 e. The lowest BCUT2D eigenvalue weighted by Crippen LogP contribution is -2.58. The molecule has 4 nitrogen and oxygen atoms in total. The Hall–Kier alpha value is -2.62. The molecule has 0 atom stereocenters. The first-order valence-electron chi connectivity index (χ1n) is 8.39. The Morgan fingerprint density at radius 2 is 1.42 bits per heavy atom. The van der Waals surface area contributed by atoms with E-state index >= 15 is 0 Å². The first-order chi connectivity index (χ1) is 11.6. The third-order valence-corrected chi connectivity index (χ3v) is 4.79. The molecule has 0 aromatic heterocycles. The maximum Gasteiger partial charge on any atom is 0.252 e. The highest BCUT2D eigenvalue weighted by Gasteiger charge is 2.39. The minimum absolute atomic E-state index is 0.240. The zero-order valence-electron chi connectivity index (χ0n) is 13.6. The lowest BCUT2D eigenvalue weighted by atomic mass is 9.81. The summed E-state index contributed by atoms with van der Waals surface area (Å²) < 4.78 is 0. The number of primary amides is 1. The Bertz CT molecular complexity index is 717. The van der Waals surface area contributed by atoms with Crippen LogP contribution in [0.5, 0.6) is 0 Å². The van der Waals surface area contributed by atoms with Gasteiger partial charge in [0.25, 0.3) is 5.91 Å². The number of nitrogens with two attached hydrogens (primary N) is 1. The van der Waals surface area contributed by atoms with Gasteiger partial charge in [-0.05, 0) is 36.1 Å². The van der Waals surface area contributed by atoms with Crippen LogP contribution in [0, 0.1) is 0 Å². The van der Waals surface area contributed by atoms with Gasteiger partial charge in [-0.2, -0.15) is 0 Å². The molecule has 0 radical (unpaired) electrons. The molecule has 1 saturated carbocycles. The molecule has 1 aliphatic carbocycles. The van der Waals surface area contributed by atoms with Crippen LogP contribution >= 0.6 is 0 Å². The monoisotopic (exact) mass is 322 g/mol. The summed E-state index contributed by atoms with van der Waals surface area (Å²) in [6, 6.07) is 17.4. The Balaban J connectivity index is 1.76. The summed E-state index contributed by atoms with van der Waals surface area (Å²) in [4.78, 5) is 24.4. The number of carbonyl (C=O) groups excluding carboxylic acids is 2. The molecule has 0 aliphatic heterocycles. The zero-order chi connectivity index (χ0) is 17.0. The van der Waals surface area contributed by atoms with Crippen molar-refractivity contribution in [3.05, 3.63) is 60.2 Å². The van der Waals surface area contributed by atoms with Gasteiger partial charge in [0.05, 0.1) is 0 Å². The second kappa shape index (κ2) is 6.87. The van der Waals surface area contributed by atoms with E-state index in [1.54, 1.807) is 12.1 Å². The number of rotatable bonds is 4. The third-order valence-electron chi connectivity index (χ3n) is 4.79. The second-order valence-corrected chi connectivity index (χ2v) is 6.40. The fourth-order valence-electron chi connectivity index (χ4n) is 3.32. The lowest BCUT2D eigenvalue weighted by Gasteiger charge is -2.35. The van der Waals surface area contributed by atoms with Crippen molar-refractivity contribution in [2.24, 2.45) is 5.73 Å². The van der Waals surface area contributed by atoms with Gasteiger partial charge in [-0.3, -0.25) is 9.59 Å². The maximum atomic E-state index is 12.6. The van der Waals surface area contributed by atoms with Crippen molar-refractivity contribution in [2.45, 2.75) is 37.6 Å². The summed E-state index contributed by atoms with van der Waals surface area (Å²) in [6.45, 7) is 0. The number of nitrogens with one attached hydrogen (secondary N) is 1. The van der Waals surface area contributed by atoms with Gasteiger partial charge in [-0.15, -0.1) is 0 Å². The second-order valence-electron chi connectivity index (χ2n) is 6.40. The van der Waals surface area contributed by atoms with E-state index in [0.717, 1.165) is 30.4 Å². The molecule has 2 aromatic rings. The molecule has 124 valence electrons. The van der Waals surface area contributed by atoms with Gasteiger partial charge >= 0.3 is 0 Å². The van der Waals surface area contributed by atoms with Crippen LogP contribution in [0.3, 0.4) is 0 Å². The Labute approximate surface area is 142 Å². The number of hydrogen-bond donors (Lipinski definition) is 2. The van der Waals surface area contributed by atoms with Crippen molar-refractivity contribution >= 4 is 11.8 Å². The van der Waals surface area contributed by atoms with Crippen LogP contribution in [-0.2, 0) is 4.79 Å². The Kier molecular flexibility index (Phi) is 4.65. The fourth-order valence-corrected chi connectivity index (χ4v) is 3.32. The molecule has 3 N–H and O–H groups in total. The van der Waals surface area contributed by atoms with E-state index in [9.17, 15) is 9.59 Å². The summed E-state index contributed by atoms with van der Waals surface area (Å²) in [6.07, 6.45) is 4.15. The molecular weight excluding hydrogens is 300 g/mol. The molecule has 4 heteroatoms. The molecule has 2 amide bonds. The zero-order valence-corrected chi connectivity index (χ0v) is 13.6. The SMILES string of the molecule is NC(=O)C1(NC(=O)c2ccc(-c3ccccc3)cc2)CCCCC1. The van der Waals surface area contributed by atoms with E-state index in [1.807, 2.05) is 42.5 Å². The van der Waals surface area contributed by atoms with Crippen LogP contribution in [0.4, 0.5) is 0 Å². The van der Waals surface area contributed by atoms with E-state index in [1.165, 1.54) is 0 Å². The standard InChI is InChI=1S/C20H22N2O2/c21-19(24)20(13-5-2-6-14-20)22-18(23)17-11-9-16(10-12-17)15-7-3-1-4-8-15/h1,3-4,7-12H,2,5-6,13-14H2,(H2,21,24)(H,22,23). The van der Waals surface area contributed by atoms with Crippen molar-refractivity contribution in [1.82, 2.24) is 5.32 Å². The van der Waals surface area contributed by atoms with E-state index in [0.29, 0.717) is 18.4 Å².